The van der Waals surface area contributed by atoms with Crippen molar-refractivity contribution in [3.05, 3.63) is 0 Å². The van der Waals surface area contributed by atoms with Gasteiger partial charge in [0, 0.05) is 12.6 Å². The van der Waals surface area contributed by atoms with Gasteiger partial charge < -0.3 is 10.2 Å². The fraction of sp³-hybridized carbons (Fsp3) is 0.909. The van der Waals surface area contributed by atoms with Crippen LogP contribution in [-0.2, 0) is 4.79 Å². The van der Waals surface area contributed by atoms with E-state index in [0.29, 0.717) is 5.92 Å². The van der Waals surface area contributed by atoms with Gasteiger partial charge in [0.1, 0.15) is 0 Å². The van der Waals surface area contributed by atoms with Crippen molar-refractivity contribution in [2.45, 2.75) is 38.1 Å². The summed E-state index contributed by atoms with van der Waals surface area (Å²) in [5, 5.41) is 3.06. The van der Waals surface area contributed by atoms with Gasteiger partial charge in [0.15, 0.2) is 0 Å². The molecule has 0 rings (SSSR count). The van der Waals surface area contributed by atoms with Crippen molar-refractivity contribution in [3.63, 3.8) is 0 Å². The van der Waals surface area contributed by atoms with Crippen molar-refractivity contribution >= 4 is 21.8 Å². The van der Waals surface area contributed by atoms with E-state index < -0.39 is 4.32 Å². The summed E-state index contributed by atoms with van der Waals surface area (Å²) >= 11 is 3.36. The van der Waals surface area contributed by atoms with Crippen LogP contribution >= 0.6 is 15.9 Å². The van der Waals surface area contributed by atoms with Crippen LogP contribution in [0.25, 0.3) is 0 Å². The normalized spacial score (nSPS) is 14.5. The van der Waals surface area contributed by atoms with E-state index >= 15 is 0 Å². The fourth-order valence-electron chi connectivity index (χ4n) is 1.16. The van der Waals surface area contributed by atoms with E-state index in [-0.39, 0.29) is 11.9 Å². The number of rotatable bonds is 5. The highest BCUT2D eigenvalue weighted by molar-refractivity contribution is 9.10. The molecule has 0 aliphatic rings. The van der Waals surface area contributed by atoms with Crippen LogP contribution in [0.4, 0.5) is 0 Å². The summed E-state index contributed by atoms with van der Waals surface area (Å²) in [4.78, 5) is 13.9. The molecule has 1 N–H and O–H groups in total. The first kappa shape index (κ1) is 14.9. The smallest absolute Gasteiger partial charge is 0.236 e. The predicted octanol–water partition coefficient (Wildman–Crippen LogP) is 1.86. The van der Waals surface area contributed by atoms with Gasteiger partial charge in [-0.25, -0.2) is 0 Å². The third-order valence-electron chi connectivity index (χ3n) is 2.22. The predicted molar refractivity (Wildman–Crippen MR) is 68.3 cm³/mol. The Kier molecular flexibility index (Phi) is 5.81. The van der Waals surface area contributed by atoms with Gasteiger partial charge in [0.2, 0.25) is 5.91 Å². The highest BCUT2D eigenvalue weighted by atomic mass is 79.9. The molecule has 4 heteroatoms. The van der Waals surface area contributed by atoms with Crippen LogP contribution in [0.1, 0.15) is 27.7 Å². The minimum Gasteiger partial charge on any atom is -0.351 e. The van der Waals surface area contributed by atoms with Crippen molar-refractivity contribution in [3.8, 4) is 0 Å². The molecular weight excluding hydrogens is 256 g/mol. The largest absolute Gasteiger partial charge is 0.351 e. The second-order valence-corrected chi connectivity index (χ2v) is 7.04. The molecule has 0 saturated carbocycles. The van der Waals surface area contributed by atoms with Crippen molar-refractivity contribution in [1.29, 1.82) is 0 Å². The number of carbonyl (C=O) groups excluding carboxylic acids is 1. The zero-order chi connectivity index (χ0) is 12.2. The minimum atomic E-state index is -0.494. The minimum absolute atomic E-state index is 0.0445. The lowest BCUT2D eigenvalue weighted by Crippen LogP contribution is -2.49. The van der Waals surface area contributed by atoms with Gasteiger partial charge in [-0.05, 0) is 33.9 Å². The molecule has 3 nitrogen and oxygen atoms in total. The van der Waals surface area contributed by atoms with E-state index in [1.807, 2.05) is 27.9 Å². The molecule has 0 bridgehead atoms. The Morgan fingerprint density at radius 1 is 1.40 bits per heavy atom. The quantitative estimate of drug-likeness (QED) is 0.779. The van der Waals surface area contributed by atoms with Gasteiger partial charge in [-0.1, -0.05) is 29.8 Å². The van der Waals surface area contributed by atoms with Crippen LogP contribution in [0.15, 0.2) is 0 Å². The zero-order valence-electron chi connectivity index (χ0n) is 10.6. The third-order valence-corrected chi connectivity index (χ3v) is 2.58. The van der Waals surface area contributed by atoms with Crippen LogP contribution in [-0.4, -0.2) is 41.8 Å². The average Bonchev–Trinajstić information content (AvgIpc) is 1.99. The molecule has 0 aromatic heterocycles. The highest BCUT2D eigenvalue weighted by Gasteiger charge is 2.27. The first-order chi connectivity index (χ1) is 6.64. The van der Waals surface area contributed by atoms with Gasteiger partial charge in [-0.3, -0.25) is 4.79 Å². The molecule has 1 atom stereocenters. The molecule has 0 aromatic rings. The summed E-state index contributed by atoms with van der Waals surface area (Å²) < 4.78 is -0.494. The van der Waals surface area contributed by atoms with E-state index in [2.05, 4.69) is 40.0 Å². The average molecular weight is 279 g/mol. The lowest BCUT2D eigenvalue weighted by molar-refractivity contribution is -0.123. The number of carbonyl (C=O) groups is 1. The second-order valence-electron chi connectivity index (χ2n) is 5.06. The number of hydrogen-bond donors (Lipinski definition) is 1. The van der Waals surface area contributed by atoms with E-state index in [4.69, 9.17) is 0 Å². The monoisotopic (exact) mass is 278 g/mol. The molecule has 1 amide bonds. The number of nitrogens with zero attached hydrogens (tertiary/aromatic N) is 1. The van der Waals surface area contributed by atoms with Crippen molar-refractivity contribution in [1.82, 2.24) is 10.2 Å². The Morgan fingerprint density at radius 3 is 2.13 bits per heavy atom. The van der Waals surface area contributed by atoms with Crippen molar-refractivity contribution in [2.75, 3.05) is 20.6 Å². The Labute approximate surface area is 102 Å². The number of nitrogens with one attached hydrogen (secondary N) is 1. The summed E-state index contributed by atoms with van der Waals surface area (Å²) in [6, 6.07) is 0.198. The second kappa shape index (κ2) is 5.85. The molecule has 0 radical (unpaired) electrons. The lowest BCUT2D eigenvalue weighted by Gasteiger charge is -2.28. The fourth-order valence-corrected chi connectivity index (χ4v) is 1.27. The van der Waals surface area contributed by atoms with Crippen molar-refractivity contribution in [2.24, 2.45) is 5.92 Å². The Balaban J connectivity index is 4.36. The summed E-state index contributed by atoms with van der Waals surface area (Å²) in [5.41, 5.74) is 0. The van der Waals surface area contributed by atoms with Crippen molar-refractivity contribution < 1.29 is 4.79 Å². The standard InChI is InChI=1S/C11H23BrN2O/c1-8(2)9(7-14(5)6)13-10(15)11(3,4)12/h8-9H,7H2,1-6H3,(H,13,15). The van der Waals surface area contributed by atoms with E-state index in [1.165, 1.54) is 0 Å². The maximum Gasteiger partial charge on any atom is 0.236 e. The molecule has 90 valence electrons. The van der Waals surface area contributed by atoms with Crippen LogP contribution in [0.2, 0.25) is 0 Å². The van der Waals surface area contributed by atoms with Gasteiger partial charge >= 0.3 is 0 Å². The maximum atomic E-state index is 11.8. The number of alkyl halides is 1. The zero-order valence-corrected chi connectivity index (χ0v) is 12.2. The van der Waals surface area contributed by atoms with Crippen LogP contribution < -0.4 is 5.32 Å². The Hall–Kier alpha value is -0.0900. The number of hydrogen-bond acceptors (Lipinski definition) is 2. The highest BCUT2D eigenvalue weighted by Crippen LogP contribution is 2.16. The number of amides is 1. The van der Waals surface area contributed by atoms with Gasteiger partial charge in [-0.2, -0.15) is 0 Å². The van der Waals surface area contributed by atoms with E-state index in [0.717, 1.165) is 6.54 Å². The summed E-state index contributed by atoms with van der Waals surface area (Å²) in [6.07, 6.45) is 0. The molecule has 0 aromatic carbocycles. The lowest BCUT2D eigenvalue weighted by atomic mass is 10.0. The summed E-state index contributed by atoms with van der Waals surface area (Å²) in [5.74, 6) is 0.481. The molecule has 15 heavy (non-hydrogen) atoms. The van der Waals surface area contributed by atoms with Gasteiger partial charge in [-0.15, -0.1) is 0 Å². The molecule has 0 aliphatic carbocycles. The molecule has 0 fully saturated rings. The summed E-state index contributed by atoms with van der Waals surface area (Å²) in [7, 11) is 4.03. The first-order valence-electron chi connectivity index (χ1n) is 5.29. The Morgan fingerprint density at radius 2 is 1.87 bits per heavy atom. The molecule has 0 aliphatic heterocycles. The van der Waals surface area contributed by atoms with Crippen LogP contribution in [0.5, 0.6) is 0 Å². The van der Waals surface area contributed by atoms with E-state index in [9.17, 15) is 4.79 Å². The van der Waals surface area contributed by atoms with Gasteiger partial charge in [0.25, 0.3) is 0 Å². The topological polar surface area (TPSA) is 32.3 Å². The number of likely N-dealkylation sites (N-methyl/N-ethyl adjacent to an activating group) is 1. The van der Waals surface area contributed by atoms with Gasteiger partial charge in [0.05, 0.1) is 4.32 Å². The third kappa shape index (κ3) is 6.15. The first-order valence-corrected chi connectivity index (χ1v) is 6.08. The molecule has 1 unspecified atom stereocenters. The molecule has 0 saturated heterocycles. The molecular formula is C11H23BrN2O. The molecule has 0 heterocycles. The SMILES string of the molecule is CC(C)C(CN(C)C)NC(=O)C(C)(C)Br. The van der Waals surface area contributed by atoms with E-state index in [1.54, 1.807) is 0 Å². The molecule has 0 spiro atoms. The van der Waals surface area contributed by atoms with Crippen LogP contribution in [0.3, 0.4) is 0 Å². The maximum absolute atomic E-state index is 11.8. The Bertz CT molecular complexity index is 209. The number of halogens is 1. The summed E-state index contributed by atoms with van der Waals surface area (Å²) in [6.45, 7) is 8.82. The van der Waals surface area contributed by atoms with Crippen LogP contribution in [0, 0.1) is 5.92 Å².